The maximum Gasteiger partial charge on any atom is 0.232 e. The molecule has 0 amide bonds. The highest BCUT2D eigenvalue weighted by atomic mass is 35.7. The average Bonchev–Trinajstić information content (AvgIpc) is 3.00. The number of para-hydroxylation sites is 1. The Morgan fingerprint density at radius 1 is 1.15 bits per heavy atom. The molecule has 3 aromatic rings. The summed E-state index contributed by atoms with van der Waals surface area (Å²) in [5, 5.41) is 1.03. The summed E-state index contributed by atoms with van der Waals surface area (Å²) in [6, 6.07) is 7.93. The molecule has 2 aromatic heterocycles. The molecule has 0 bridgehead atoms. The Balaban J connectivity index is 1.79. The van der Waals surface area contributed by atoms with Gasteiger partial charge in [-0.15, -0.1) is 0 Å². The summed E-state index contributed by atoms with van der Waals surface area (Å²) in [6.45, 7) is 4.30. The lowest BCUT2D eigenvalue weighted by Gasteiger charge is -2.11. The van der Waals surface area contributed by atoms with Crippen LogP contribution in [-0.4, -0.2) is 48.5 Å². The third-order valence-electron chi connectivity index (χ3n) is 4.13. The van der Waals surface area contributed by atoms with Crippen molar-refractivity contribution in [3.63, 3.8) is 0 Å². The van der Waals surface area contributed by atoms with E-state index < -0.39 is 9.05 Å². The Kier molecular flexibility index (Phi) is 6.64. The molecule has 0 fully saturated rings. The number of nitrogens with zero attached hydrogens (tertiary/aromatic N) is 3. The zero-order chi connectivity index (χ0) is 19.3. The number of fused-ring (bicyclic) bond motifs is 3. The minimum atomic E-state index is -3.47. The first-order chi connectivity index (χ1) is 13.0. The molecule has 27 heavy (non-hydrogen) atoms. The quantitative estimate of drug-likeness (QED) is 0.376. The number of pyridine rings is 1. The fourth-order valence-corrected chi connectivity index (χ4v) is 3.74. The van der Waals surface area contributed by atoms with E-state index in [1.54, 1.807) is 6.20 Å². The van der Waals surface area contributed by atoms with Gasteiger partial charge in [-0.3, -0.25) is 4.98 Å². The second-order valence-electron chi connectivity index (χ2n) is 6.03. The summed E-state index contributed by atoms with van der Waals surface area (Å²) in [7, 11) is 1.73. The molecule has 0 aliphatic carbocycles. The standard InChI is InChI=1S/C18H22ClN3O4S/c1-2-25-13-17-21-16-12-20-15-7-4-3-6-14(15)18(16)22(17)8-10-26-9-5-11-27(19,23)24/h3-4,6-7,12H,2,5,8-11,13H2,1H3. The Bertz CT molecular complexity index is 1020. The highest BCUT2D eigenvalue weighted by molar-refractivity contribution is 8.13. The van der Waals surface area contributed by atoms with Crippen LogP contribution in [0.15, 0.2) is 30.5 Å². The average molecular weight is 412 g/mol. The Morgan fingerprint density at radius 2 is 1.96 bits per heavy atom. The van der Waals surface area contributed by atoms with Crippen LogP contribution in [0.5, 0.6) is 0 Å². The van der Waals surface area contributed by atoms with Crippen LogP contribution < -0.4 is 0 Å². The van der Waals surface area contributed by atoms with E-state index in [9.17, 15) is 8.42 Å². The molecule has 0 spiro atoms. The van der Waals surface area contributed by atoms with Gasteiger partial charge in [-0.2, -0.15) is 0 Å². The predicted octanol–water partition coefficient (Wildman–Crippen LogP) is 3.10. The van der Waals surface area contributed by atoms with Gasteiger partial charge in [0.1, 0.15) is 17.9 Å². The minimum absolute atomic E-state index is 0.0888. The predicted molar refractivity (Wildman–Crippen MR) is 105 cm³/mol. The smallest absolute Gasteiger partial charge is 0.232 e. The van der Waals surface area contributed by atoms with E-state index in [1.165, 1.54) is 0 Å². The van der Waals surface area contributed by atoms with Gasteiger partial charge in [0, 0.05) is 35.8 Å². The second kappa shape index (κ2) is 8.97. The normalized spacial score (nSPS) is 12.2. The summed E-state index contributed by atoms with van der Waals surface area (Å²) in [5.41, 5.74) is 2.72. The van der Waals surface area contributed by atoms with Crippen molar-refractivity contribution in [2.75, 3.05) is 25.6 Å². The van der Waals surface area contributed by atoms with Crippen LogP contribution in [0.25, 0.3) is 21.9 Å². The molecule has 3 rings (SSSR count). The highest BCUT2D eigenvalue weighted by Crippen LogP contribution is 2.25. The topological polar surface area (TPSA) is 83.3 Å². The summed E-state index contributed by atoms with van der Waals surface area (Å²) >= 11 is 0. The van der Waals surface area contributed by atoms with Crippen LogP contribution in [0.3, 0.4) is 0 Å². The van der Waals surface area contributed by atoms with Gasteiger partial charge in [0.2, 0.25) is 9.05 Å². The molecule has 0 saturated carbocycles. The van der Waals surface area contributed by atoms with Crippen LogP contribution in [-0.2, 0) is 31.7 Å². The third kappa shape index (κ3) is 5.16. The zero-order valence-corrected chi connectivity index (χ0v) is 16.7. The lowest BCUT2D eigenvalue weighted by atomic mass is 10.2. The van der Waals surface area contributed by atoms with Crippen LogP contribution >= 0.6 is 10.7 Å². The molecule has 2 heterocycles. The highest BCUT2D eigenvalue weighted by Gasteiger charge is 2.14. The van der Waals surface area contributed by atoms with E-state index in [4.69, 9.17) is 20.2 Å². The minimum Gasteiger partial charge on any atom is -0.380 e. The summed E-state index contributed by atoms with van der Waals surface area (Å²) in [6.07, 6.45) is 2.14. The Hall–Kier alpha value is -1.74. The zero-order valence-electron chi connectivity index (χ0n) is 15.1. The molecule has 0 N–H and O–H groups in total. The molecule has 9 heteroatoms. The van der Waals surface area contributed by atoms with Gasteiger partial charge in [0.25, 0.3) is 0 Å². The van der Waals surface area contributed by atoms with Crippen molar-refractivity contribution in [3.05, 3.63) is 36.3 Å². The molecule has 146 valence electrons. The van der Waals surface area contributed by atoms with Crippen LogP contribution in [0.1, 0.15) is 19.2 Å². The number of imidazole rings is 1. The first kappa shape index (κ1) is 20.0. The summed E-state index contributed by atoms with van der Waals surface area (Å²) < 4.78 is 35.1. The molecule has 0 radical (unpaired) electrons. The number of hydrogen-bond donors (Lipinski definition) is 0. The fourth-order valence-electron chi connectivity index (χ4n) is 2.95. The lowest BCUT2D eigenvalue weighted by molar-refractivity contribution is 0.114. The summed E-state index contributed by atoms with van der Waals surface area (Å²) in [4.78, 5) is 9.14. The van der Waals surface area contributed by atoms with Crippen molar-refractivity contribution < 1.29 is 17.9 Å². The maximum atomic E-state index is 10.9. The molecule has 0 aliphatic rings. The van der Waals surface area contributed by atoms with Gasteiger partial charge in [0.15, 0.2) is 0 Å². The molecule has 1 aromatic carbocycles. The molecule has 0 unspecified atom stereocenters. The number of benzene rings is 1. The molecule has 0 aliphatic heterocycles. The first-order valence-electron chi connectivity index (χ1n) is 8.80. The SMILES string of the molecule is CCOCc1nc2cnc3ccccc3c2n1CCOCCCS(=O)(=O)Cl. The van der Waals surface area contributed by atoms with E-state index >= 15 is 0 Å². The number of hydrogen-bond acceptors (Lipinski definition) is 6. The molecular formula is C18H22ClN3O4S. The van der Waals surface area contributed by atoms with Crippen molar-refractivity contribution in [2.45, 2.75) is 26.5 Å². The van der Waals surface area contributed by atoms with E-state index in [0.717, 1.165) is 27.8 Å². The fraction of sp³-hybridized carbons (Fsp3) is 0.444. The van der Waals surface area contributed by atoms with Gasteiger partial charge in [-0.1, -0.05) is 18.2 Å². The Labute approximate surface area is 162 Å². The first-order valence-corrected chi connectivity index (χ1v) is 11.3. The van der Waals surface area contributed by atoms with Crippen molar-refractivity contribution in [1.82, 2.24) is 14.5 Å². The van der Waals surface area contributed by atoms with Gasteiger partial charge >= 0.3 is 0 Å². The second-order valence-corrected chi connectivity index (χ2v) is 8.93. The number of rotatable bonds is 10. The van der Waals surface area contributed by atoms with Gasteiger partial charge < -0.3 is 14.0 Å². The van der Waals surface area contributed by atoms with Crippen molar-refractivity contribution in [3.8, 4) is 0 Å². The van der Waals surface area contributed by atoms with Crippen LogP contribution in [0.2, 0.25) is 0 Å². The van der Waals surface area contributed by atoms with Crippen molar-refractivity contribution >= 4 is 41.7 Å². The molecule has 0 saturated heterocycles. The third-order valence-corrected chi connectivity index (χ3v) is 5.37. The molecule has 7 nitrogen and oxygen atoms in total. The van der Waals surface area contributed by atoms with Gasteiger partial charge in [-0.25, -0.2) is 13.4 Å². The maximum absolute atomic E-state index is 10.9. The molecule has 0 atom stereocenters. The van der Waals surface area contributed by atoms with Gasteiger partial charge in [-0.05, 0) is 19.4 Å². The summed E-state index contributed by atoms with van der Waals surface area (Å²) in [5.74, 6) is 0.728. The van der Waals surface area contributed by atoms with Crippen LogP contribution in [0.4, 0.5) is 0 Å². The number of ether oxygens (including phenoxy) is 2. The van der Waals surface area contributed by atoms with Crippen molar-refractivity contribution in [1.29, 1.82) is 0 Å². The van der Waals surface area contributed by atoms with Gasteiger partial charge in [0.05, 0.1) is 29.6 Å². The molecular weight excluding hydrogens is 390 g/mol. The van der Waals surface area contributed by atoms with E-state index in [2.05, 4.69) is 14.5 Å². The van der Waals surface area contributed by atoms with E-state index in [1.807, 2.05) is 31.2 Å². The van der Waals surface area contributed by atoms with E-state index in [0.29, 0.717) is 39.4 Å². The monoisotopic (exact) mass is 411 g/mol. The van der Waals surface area contributed by atoms with E-state index in [-0.39, 0.29) is 5.75 Å². The Morgan fingerprint density at radius 3 is 2.74 bits per heavy atom. The number of aromatic nitrogens is 3. The lowest BCUT2D eigenvalue weighted by Crippen LogP contribution is -2.12. The number of halogens is 1. The van der Waals surface area contributed by atoms with Crippen LogP contribution in [0, 0.1) is 0 Å². The van der Waals surface area contributed by atoms with Crippen molar-refractivity contribution in [2.24, 2.45) is 0 Å². The largest absolute Gasteiger partial charge is 0.380 e.